The molecular weight excluding hydrogens is 388 g/mol. The zero-order valence-corrected chi connectivity index (χ0v) is 15.9. The summed E-state index contributed by atoms with van der Waals surface area (Å²) < 4.78 is 12.0. The fourth-order valence-corrected chi connectivity index (χ4v) is 3.30. The van der Waals surface area contributed by atoms with Crippen molar-refractivity contribution in [3.63, 3.8) is 0 Å². The number of aromatic nitrogens is 2. The molecule has 0 unspecified atom stereocenters. The Morgan fingerprint density at radius 2 is 1.67 bits per heavy atom. The highest BCUT2D eigenvalue weighted by molar-refractivity contribution is 5.89. The molecule has 8 nitrogen and oxygen atoms in total. The van der Waals surface area contributed by atoms with Gasteiger partial charge in [0, 0.05) is 18.0 Å². The second-order valence-corrected chi connectivity index (χ2v) is 6.91. The summed E-state index contributed by atoms with van der Waals surface area (Å²) in [4.78, 5) is 28.3. The van der Waals surface area contributed by atoms with Crippen LogP contribution in [0.3, 0.4) is 0 Å². The number of esters is 1. The number of rotatable bonds is 5. The highest BCUT2D eigenvalue weighted by atomic mass is 16.6. The predicted molar refractivity (Wildman–Crippen MR) is 107 cm³/mol. The van der Waals surface area contributed by atoms with Crippen LogP contribution in [-0.4, -0.2) is 50.7 Å². The van der Waals surface area contributed by atoms with Crippen molar-refractivity contribution in [3.05, 3.63) is 89.1 Å². The second kappa shape index (κ2) is 8.58. The maximum absolute atomic E-state index is 12.3. The Morgan fingerprint density at radius 1 is 1.00 bits per heavy atom. The first kappa shape index (κ1) is 20.0. The van der Waals surface area contributed by atoms with E-state index >= 15 is 0 Å². The van der Waals surface area contributed by atoms with Crippen LogP contribution in [0, 0.1) is 0 Å². The first-order valence-corrected chi connectivity index (χ1v) is 9.42. The fourth-order valence-electron chi connectivity index (χ4n) is 3.30. The summed E-state index contributed by atoms with van der Waals surface area (Å²) in [5, 5.41) is 20.8. The number of aliphatic hydroxyl groups is 2. The van der Waals surface area contributed by atoms with Gasteiger partial charge in [-0.3, -0.25) is 4.57 Å². The summed E-state index contributed by atoms with van der Waals surface area (Å²) in [6.45, 7) is -0.275. The van der Waals surface area contributed by atoms with E-state index in [2.05, 4.69) is 4.98 Å². The average Bonchev–Trinajstić information content (AvgIpc) is 3.07. The van der Waals surface area contributed by atoms with Crippen LogP contribution >= 0.6 is 0 Å². The van der Waals surface area contributed by atoms with Crippen molar-refractivity contribution in [3.8, 4) is 11.1 Å². The van der Waals surface area contributed by atoms with Crippen molar-refractivity contribution in [2.45, 2.75) is 24.5 Å². The molecule has 0 bridgehead atoms. The molecule has 2 heterocycles. The van der Waals surface area contributed by atoms with Crippen LogP contribution in [0.15, 0.2) is 77.9 Å². The molecule has 2 N–H and O–H groups in total. The second-order valence-electron chi connectivity index (χ2n) is 6.91. The molecule has 30 heavy (non-hydrogen) atoms. The topological polar surface area (TPSA) is 111 Å². The minimum Gasteiger partial charge on any atom is -0.459 e. The lowest BCUT2D eigenvalue weighted by atomic mass is 10.1. The standard InChI is InChI=1S/C22H20N2O6/c25-18-17(13-29-21(27)15-9-5-2-6-10-15)30-20(19(18)26)24-12-16(11-23-22(24)28)14-7-3-1-4-8-14/h1-12,17-20,25-26H,13H2/t17-,18-,19+,20-/m1/s1. The lowest BCUT2D eigenvalue weighted by Gasteiger charge is -2.18. The molecule has 0 aliphatic carbocycles. The molecule has 4 atom stereocenters. The Hall–Kier alpha value is -3.33. The Balaban J connectivity index is 1.51. The minimum atomic E-state index is -1.39. The van der Waals surface area contributed by atoms with Crippen LogP contribution in [0.1, 0.15) is 16.6 Å². The summed E-state index contributed by atoms with van der Waals surface area (Å²) in [7, 11) is 0. The first-order valence-electron chi connectivity index (χ1n) is 9.42. The van der Waals surface area contributed by atoms with E-state index in [-0.39, 0.29) is 6.61 Å². The van der Waals surface area contributed by atoms with Gasteiger partial charge in [-0.1, -0.05) is 48.5 Å². The smallest absolute Gasteiger partial charge is 0.349 e. The Morgan fingerprint density at radius 3 is 2.37 bits per heavy atom. The van der Waals surface area contributed by atoms with Gasteiger partial charge in [0.15, 0.2) is 6.23 Å². The van der Waals surface area contributed by atoms with Crippen LogP contribution in [0.5, 0.6) is 0 Å². The van der Waals surface area contributed by atoms with E-state index in [0.29, 0.717) is 11.1 Å². The summed E-state index contributed by atoms with van der Waals surface area (Å²) >= 11 is 0. The van der Waals surface area contributed by atoms with Gasteiger partial charge in [-0.2, -0.15) is 0 Å². The molecule has 0 radical (unpaired) electrons. The van der Waals surface area contributed by atoms with Gasteiger partial charge in [-0.05, 0) is 17.7 Å². The number of carbonyl (C=O) groups excluding carboxylic acids is 1. The molecule has 154 valence electrons. The van der Waals surface area contributed by atoms with E-state index in [1.54, 1.807) is 30.3 Å². The van der Waals surface area contributed by atoms with Gasteiger partial charge in [-0.25, -0.2) is 14.6 Å². The number of hydrogen-bond acceptors (Lipinski definition) is 7. The van der Waals surface area contributed by atoms with Crippen molar-refractivity contribution < 1.29 is 24.5 Å². The average molecular weight is 408 g/mol. The van der Waals surface area contributed by atoms with Crippen LogP contribution in [0.4, 0.5) is 0 Å². The van der Waals surface area contributed by atoms with E-state index in [0.717, 1.165) is 10.1 Å². The summed E-state index contributed by atoms with van der Waals surface area (Å²) in [5.41, 5.74) is 1.21. The first-order chi connectivity index (χ1) is 14.5. The summed E-state index contributed by atoms with van der Waals surface area (Å²) in [6, 6.07) is 17.7. The third-order valence-corrected chi connectivity index (χ3v) is 4.92. The minimum absolute atomic E-state index is 0.275. The molecule has 1 saturated heterocycles. The van der Waals surface area contributed by atoms with E-state index in [1.807, 2.05) is 30.3 Å². The molecule has 2 aromatic carbocycles. The monoisotopic (exact) mass is 408 g/mol. The number of ether oxygens (including phenoxy) is 2. The van der Waals surface area contributed by atoms with Crippen LogP contribution < -0.4 is 5.69 Å². The zero-order valence-electron chi connectivity index (χ0n) is 15.9. The van der Waals surface area contributed by atoms with E-state index < -0.39 is 36.2 Å². The molecular formula is C22H20N2O6. The van der Waals surface area contributed by atoms with E-state index in [1.165, 1.54) is 12.4 Å². The van der Waals surface area contributed by atoms with Crippen LogP contribution in [0.25, 0.3) is 11.1 Å². The molecule has 1 aliphatic heterocycles. The lowest BCUT2D eigenvalue weighted by molar-refractivity contribution is -0.0598. The normalized spacial score (nSPS) is 23.3. The summed E-state index contributed by atoms with van der Waals surface area (Å²) in [5.74, 6) is -0.575. The van der Waals surface area contributed by atoms with Crippen molar-refractivity contribution in [1.29, 1.82) is 0 Å². The van der Waals surface area contributed by atoms with Gasteiger partial charge >= 0.3 is 11.7 Å². The maximum atomic E-state index is 12.3. The number of carbonyl (C=O) groups is 1. The largest absolute Gasteiger partial charge is 0.459 e. The number of aliphatic hydroxyl groups excluding tert-OH is 2. The molecule has 0 spiro atoms. The number of benzene rings is 2. The van der Waals surface area contributed by atoms with Crippen molar-refractivity contribution in [2.24, 2.45) is 0 Å². The molecule has 0 amide bonds. The van der Waals surface area contributed by atoms with Gasteiger partial charge < -0.3 is 19.7 Å². The predicted octanol–water partition coefficient (Wildman–Crippen LogP) is 1.39. The van der Waals surface area contributed by atoms with Gasteiger partial charge in [0.25, 0.3) is 0 Å². The lowest BCUT2D eigenvalue weighted by Crippen LogP contribution is -2.36. The quantitative estimate of drug-likeness (QED) is 0.614. The number of nitrogens with zero attached hydrogens (tertiary/aromatic N) is 2. The third kappa shape index (κ3) is 4.02. The van der Waals surface area contributed by atoms with Crippen molar-refractivity contribution in [2.75, 3.05) is 6.61 Å². The molecule has 4 rings (SSSR count). The SMILES string of the molecule is O=C(OC[C@H]1O[C@@H](n2cc(-c3ccccc3)cnc2=O)[C@@H](O)[C@@H]1O)c1ccccc1. The van der Waals surface area contributed by atoms with E-state index in [4.69, 9.17) is 9.47 Å². The molecule has 8 heteroatoms. The molecule has 1 aromatic heterocycles. The molecule has 1 fully saturated rings. The Labute approximate surface area is 172 Å². The summed E-state index contributed by atoms with van der Waals surface area (Å²) in [6.07, 6.45) is -1.94. The van der Waals surface area contributed by atoms with Crippen molar-refractivity contribution in [1.82, 2.24) is 9.55 Å². The molecule has 1 aliphatic rings. The fraction of sp³-hybridized carbons (Fsp3) is 0.227. The van der Waals surface area contributed by atoms with Crippen molar-refractivity contribution >= 4 is 5.97 Å². The van der Waals surface area contributed by atoms with Gasteiger partial charge in [0.1, 0.15) is 24.9 Å². The van der Waals surface area contributed by atoms with E-state index in [9.17, 15) is 19.8 Å². The highest BCUT2D eigenvalue weighted by Gasteiger charge is 2.44. The van der Waals surface area contributed by atoms with Gasteiger partial charge in [0.05, 0.1) is 5.56 Å². The highest BCUT2D eigenvalue weighted by Crippen LogP contribution is 2.29. The molecule has 3 aromatic rings. The number of hydrogen-bond donors (Lipinski definition) is 2. The van der Waals surface area contributed by atoms with Gasteiger partial charge in [-0.15, -0.1) is 0 Å². The third-order valence-electron chi connectivity index (χ3n) is 4.92. The van der Waals surface area contributed by atoms with Crippen LogP contribution in [0.2, 0.25) is 0 Å². The Kier molecular flexibility index (Phi) is 5.71. The zero-order chi connectivity index (χ0) is 21.1. The maximum Gasteiger partial charge on any atom is 0.349 e. The van der Waals surface area contributed by atoms with Crippen LogP contribution in [-0.2, 0) is 9.47 Å². The Bertz CT molecular complexity index is 1070. The molecule has 0 saturated carbocycles. The van der Waals surface area contributed by atoms with Gasteiger partial charge in [0.2, 0.25) is 0 Å².